The van der Waals surface area contributed by atoms with Crippen molar-refractivity contribution < 1.29 is 14.1 Å². The van der Waals surface area contributed by atoms with Crippen LogP contribution in [0.25, 0.3) is 0 Å². The predicted octanol–water partition coefficient (Wildman–Crippen LogP) is 2.85. The fourth-order valence-electron chi connectivity index (χ4n) is 1.57. The second kappa shape index (κ2) is 5.65. The second-order valence-corrected chi connectivity index (χ2v) is 6.80. The number of carbonyl (C=O) groups is 1. The summed E-state index contributed by atoms with van der Waals surface area (Å²) in [6, 6.07) is 7.52. The smallest absolute Gasteiger partial charge is 0.306 e. The summed E-state index contributed by atoms with van der Waals surface area (Å²) in [6.07, 6.45) is 0. The van der Waals surface area contributed by atoms with E-state index in [1.165, 1.54) is 0 Å². The van der Waals surface area contributed by atoms with Gasteiger partial charge in [0.2, 0.25) is 0 Å². The third-order valence-corrected chi connectivity index (χ3v) is 5.13. The van der Waals surface area contributed by atoms with Gasteiger partial charge in [0.25, 0.3) is 0 Å². The van der Waals surface area contributed by atoms with E-state index in [9.17, 15) is 9.00 Å². The Morgan fingerprint density at radius 1 is 1.33 bits per heavy atom. The van der Waals surface area contributed by atoms with E-state index in [0.717, 1.165) is 10.5 Å². The number of carboxylic acids is 1. The number of benzene rings is 1. The van der Waals surface area contributed by atoms with Crippen LogP contribution in [-0.2, 0) is 15.6 Å². The molecule has 0 bridgehead atoms. The first kappa shape index (κ1) is 14.9. The van der Waals surface area contributed by atoms with E-state index in [1.807, 2.05) is 45.0 Å². The summed E-state index contributed by atoms with van der Waals surface area (Å²) in [6.45, 7) is 7.33. The van der Waals surface area contributed by atoms with Crippen molar-refractivity contribution in [3.8, 4) is 0 Å². The SMILES string of the molecule is Cc1ccc(S(=O)CC(C)(C)[C@@H](C)C(=O)O)cc1. The minimum absolute atomic E-state index is 0.351. The van der Waals surface area contributed by atoms with E-state index < -0.39 is 28.1 Å². The largest absolute Gasteiger partial charge is 0.481 e. The van der Waals surface area contributed by atoms with Crippen LogP contribution in [0.3, 0.4) is 0 Å². The van der Waals surface area contributed by atoms with E-state index in [2.05, 4.69) is 0 Å². The van der Waals surface area contributed by atoms with Crippen LogP contribution in [0.2, 0.25) is 0 Å². The van der Waals surface area contributed by atoms with E-state index in [-0.39, 0.29) is 0 Å². The first-order valence-electron chi connectivity index (χ1n) is 5.92. The molecule has 0 aliphatic rings. The summed E-state index contributed by atoms with van der Waals surface area (Å²) < 4.78 is 12.2. The summed E-state index contributed by atoms with van der Waals surface area (Å²) in [5.41, 5.74) is 0.621. The molecule has 0 radical (unpaired) electrons. The van der Waals surface area contributed by atoms with Gasteiger partial charge in [0.05, 0.1) is 16.7 Å². The number of hydrogen-bond acceptors (Lipinski definition) is 2. The first-order chi connectivity index (χ1) is 8.24. The Morgan fingerprint density at radius 2 is 1.83 bits per heavy atom. The molecule has 0 saturated heterocycles. The predicted molar refractivity (Wildman–Crippen MR) is 73.0 cm³/mol. The molecule has 0 saturated carbocycles. The van der Waals surface area contributed by atoms with Crippen molar-refractivity contribution >= 4 is 16.8 Å². The zero-order chi connectivity index (χ0) is 13.9. The summed E-state index contributed by atoms with van der Waals surface area (Å²) in [5.74, 6) is -1.02. The van der Waals surface area contributed by atoms with Gasteiger partial charge in [-0.3, -0.25) is 9.00 Å². The Labute approximate surface area is 111 Å². The minimum atomic E-state index is -1.16. The van der Waals surface area contributed by atoms with E-state index >= 15 is 0 Å². The van der Waals surface area contributed by atoms with Gasteiger partial charge in [0, 0.05) is 10.6 Å². The number of aliphatic carboxylic acids is 1. The highest BCUT2D eigenvalue weighted by Gasteiger charge is 2.33. The maximum atomic E-state index is 12.2. The number of rotatable bonds is 5. The van der Waals surface area contributed by atoms with Gasteiger partial charge in [-0.15, -0.1) is 0 Å². The average Bonchev–Trinajstić information content (AvgIpc) is 2.28. The fourth-order valence-corrected chi connectivity index (χ4v) is 3.10. The van der Waals surface area contributed by atoms with Crippen molar-refractivity contribution in [2.24, 2.45) is 11.3 Å². The summed E-state index contributed by atoms with van der Waals surface area (Å²) in [4.78, 5) is 11.8. The molecule has 0 spiro atoms. The van der Waals surface area contributed by atoms with Crippen LogP contribution in [0.5, 0.6) is 0 Å². The van der Waals surface area contributed by atoms with Crippen molar-refractivity contribution in [2.45, 2.75) is 32.6 Å². The summed E-state index contributed by atoms with van der Waals surface area (Å²) in [5, 5.41) is 9.04. The van der Waals surface area contributed by atoms with Crippen LogP contribution in [0.1, 0.15) is 26.3 Å². The number of carboxylic acid groups (broad SMARTS) is 1. The Kier molecular flexibility index (Phi) is 4.68. The van der Waals surface area contributed by atoms with Gasteiger partial charge < -0.3 is 5.11 Å². The fraction of sp³-hybridized carbons (Fsp3) is 0.500. The maximum Gasteiger partial charge on any atom is 0.306 e. The van der Waals surface area contributed by atoms with Crippen molar-refractivity contribution in [3.05, 3.63) is 29.8 Å². The van der Waals surface area contributed by atoms with Crippen LogP contribution in [0.15, 0.2) is 29.2 Å². The summed E-state index contributed by atoms with van der Waals surface area (Å²) >= 11 is 0. The molecule has 0 heterocycles. The van der Waals surface area contributed by atoms with Gasteiger partial charge in [0.15, 0.2) is 0 Å². The molecule has 0 aromatic heterocycles. The standard InChI is InChI=1S/C14H20O3S/c1-10-5-7-12(8-6-10)18(17)9-14(3,4)11(2)13(15)16/h5-8,11H,9H2,1-4H3,(H,15,16)/t11-,18?/m0/s1. The van der Waals surface area contributed by atoms with Crippen molar-refractivity contribution in [2.75, 3.05) is 5.75 Å². The Morgan fingerprint density at radius 3 is 2.28 bits per heavy atom. The Balaban J connectivity index is 2.81. The molecule has 2 atom stereocenters. The van der Waals surface area contributed by atoms with Crippen LogP contribution in [-0.4, -0.2) is 21.0 Å². The number of aryl methyl sites for hydroxylation is 1. The molecule has 0 amide bonds. The average molecular weight is 268 g/mol. The molecule has 0 fully saturated rings. The van der Waals surface area contributed by atoms with Crippen LogP contribution in [0, 0.1) is 18.3 Å². The lowest BCUT2D eigenvalue weighted by molar-refractivity contribution is -0.144. The second-order valence-electron chi connectivity index (χ2n) is 5.35. The molecule has 0 aliphatic heterocycles. The molecule has 1 rings (SSSR count). The highest BCUT2D eigenvalue weighted by molar-refractivity contribution is 7.85. The van der Waals surface area contributed by atoms with Gasteiger partial charge in [0.1, 0.15) is 0 Å². The molecule has 1 aromatic carbocycles. The van der Waals surface area contributed by atoms with Crippen LogP contribution in [0.4, 0.5) is 0 Å². The molecule has 18 heavy (non-hydrogen) atoms. The maximum absolute atomic E-state index is 12.2. The van der Waals surface area contributed by atoms with Crippen LogP contribution < -0.4 is 0 Å². The van der Waals surface area contributed by atoms with Crippen LogP contribution >= 0.6 is 0 Å². The molecular formula is C14H20O3S. The van der Waals surface area contributed by atoms with Crippen molar-refractivity contribution in [1.82, 2.24) is 0 Å². The minimum Gasteiger partial charge on any atom is -0.481 e. The zero-order valence-electron chi connectivity index (χ0n) is 11.3. The number of hydrogen-bond donors (Lipinski definition) is 1. The Bertz CT molecular complexity index is 449. The van der Waals surface area contributed by atoms with Gasteiger partial charge in [-0.1, -0.05) is 38.5 Å². The topological polar surface area (TPSA) is 54.4 Å². The molecule has 1 aromatic rings. The molecule has 3 nitrogen and oxygen atoms in total. The van der Waals surface area contributed by atoms with Gasteiger partial charge >= 0.3 is 5.97 Å². The molecular weight excluding hydrogens is 248 g/mol. The highest BCUT2D eigenvalue weighted by atomic mass is 32.2. The van der Waals surface area contributed by atoms with Gasteiger partial charge in [-0.25, -0.2) is 0 Å². The molecule has 1 N–H and O–H groups in total. The van der Waals surface area contributed by atoms with Crippen molar-refractivity contribution in [1.29, 1.82) is 0 Å². The third kappa shape index (κ3) is 3.67. The normalized spacial score (nSPS) is 15.1. The summed E-state index contributed by atoms with van der Waals surface area (Å²) in [7, 11) is -1.16. The Hall–Kier alpha value is -1.16. The monoisotopic (exact) mass is 268 g/mol. The van der Waals surface area contributed by atoms with E-state index in [1.54, 1.807) is 6.92 Å². The van der Waals surface area contributed by atoms with E-state index in [4.69, 9.17) is 5.11 Å². The lowest BCUT2D eigenvalue weighted by Crippen LogP contribution is -2.33. The third-order valence-electron chi connectivity index (χ3n) is 3.33. The molecule has 0 aliphatic carbocycles. The molecule has 100 valence electrons. The van der Waals surface area contributed by atoms with Crippen molar-refractivity contribution in [3.63, 3.8) is 0 Å². The first-order valence-corrected chi connectivity index (χ1v) is 7.24. The zero-order valence-corrected chi connectivity index (χ0v) is 12.1. The lowest BCUT2D eigenvalue weighted by Gasteiger charge is -2.28. The quantitative estimate of drug-likeness (QED) is 0.893. The van der Waals surface area contributed by atoms with E-state index in [0.29, 0.717) is 5.75 Å². The molecule has 1 unspecified atom stereocenters. The lowest BCUT2D eigenvalue weighted by atomic mass is 9.82. The molecule has 4 heteroatoms. The van der Waals surface area contributed by atoms with Gasteiger partial charge in [-0.2, -0.15) is 0 Å². The van der Waals surface area contributed by atoms with Gasteiger partial charge in [-0.05, 0) is 24.5 Å². The highest BCUT2D eigenvalue weighted by Crippen LogP contribution is 2.29.